The van der Waals surface area contributed by atoms with Gasteiger partial charge in [-0.3, -0.25) is 4.79 Å². The van der Waals surface area contributed by atoms with E-state index in [-0.39, 0.29) is 12.5 Å². The Balaban J connectivity index is 1.46. The molecular weight excluding hydrogens is 453 g/mol. The number of carbonyl (C=O) groups excluding carboxylic acids is 2. The predicted octanol–water partition coefficient (Wildman–Crippen LogP) is 3.83. The zero-order valence-electron chi connectivity index (χ0n) is 18.2. The van der Waals surface area contributed by atoms with E-state index in [0.717, 1.165) is 22.3 Å². The first-order chi connectivity index (χ1) is 16.0. The van der Waals surface area contributed by atoms with Crippen LogP contribution in [0.3, 0.4) is 0 Å². The minimum atomic E-state index is -5.18. The number of halogens is 3. The van der Waals surface area contributed by atoms with E-state index in [1.165, 1.54) is 12.2 Å². The number of benzene rings is 2. The normalized spacial score (nSPS) is 17.6. The number of hydrogen-bond acceptors (Lipinski definition) is 4. The third-order valence-electron chi connectivity index (χ3n) is 6.42. The van der Waals surface area contributed by atoms with Crippen LogP contribution in [0.1, 0.15) is 36.8 Å². The van der Waals surface area contributed by atoms with Crippen molar-refractivity contribution in [3.05, 3.63) is 59.7 Å². The largest absolute Gasteiger partial charge is 0.479 e. The van der Waals surface area contributed by atoms with Gasteiger partial charge in [-0.25, -0.2) is 9.59 Å². The molecule has 0 bridgehead atoms. The highest BCUT2D eigenvalue weighted by Gasteiger charge is 2.53. The van der Waals surface area contributed by atoms with Gasteiger partial charge < -0.3 is 20.5 Å². The molecule has 34 heavy (non-hydrogen) atoms. The summed E-state index contributed by atoms with van der Waals surface area (Å²) in [5.74, 6) is -4.13. The quantitative estimate of drug-likeness (QED) is 0.564. The lowest BCUT2D eigenvalue weighted by atomic mass is 9.94. The number of nitrogens with one attached hydrogen (secondary N) is 2. The standard InChI is InChI=1S/C24H23F3N2O5/c1-23(13-10-11-13,21(32)28-19(20(30)31)24(25,26)27)29-22(33)34-12-18-16-8-4-2-6-14(16)15-7-3-5-9-17(15)18/h2-9,13,18-19H,10-12H2,1H3,(H,28,32)(H,29,33)(H,30,31). The average Bonchev–Trinajstić information content (AvgIpc) is 3.59. The zero-order chi connectivity index (χ0) is 24.7. The Hall–Kier alpha value is -3.56. The fourth-order valence-electron chi connectivity index (χ4n) is 4.42. The molecule has 2 amide bonds. The van der Waals surface area contributed by atoms with Crippen molar-refractivity contribution in [2.45, 2.75) is 43.4 Å². The summed E-state index contributed by atoms with van der Waals surface area (Å²) in [5.41, 5.74) is 2.27. The number of fused-ring (bicyclic) bond motifs is 3. The maximum absolute atomic E-state index is 13.0. The summed E-state index contributed by atoms with van der Waals surface area (Å²) >= 11 is 0. The SMILES string of the molecule is CC(NC(=O)OCC1c2ccccc2-c2ccccc21)(C(=O)NC(C(=O)O)C(F)(F)F)C1CC1. The summed E-state index contributed by atoms with van der Waals surface area (Å²) in [6.45, 7) is 1.24. The Morgan fingerprint density at radius 2 is 1.56 bits per heavy atom. The van der Waals surface area contributed by atoms with Crippen molar-refractivity contribution in [1.82, 2.24) is 10.6 Å². The molecule has 4 rings (SSSR count). The van der Waals surface area contributed by atoms with Gasteiger partial charge >= 0.3 is 18.2 Å². The molecule has 3 N–H and O–H groups in total. The first kappa shape index (κ1) is 23.6. The number of alkyl carbamates (subject to hydrolysis) is 1. The summed E-state index contributed by atoms with van der Waals surface area (Å²) in [6.07, 6.45) is -5.16. The summed E-state index contributed by atoms with van der Waals surface area (Å²) in [4.78, 5) is 36.3. The second-order valence-corrected chi connectivity index (χ2v) is 8.71. The Bertz CT molecular complexity index is 1090. The summed E-state index contributed by atoms with van der Waals surface area (Å²) < 4.78 is 44.5. The number of carboxylic acids is 1. The second kappa shape index (κ2) is 8.66. The van der Waals surface area contributed by atoms with Crippen molar-refractivity contribution in [1.29, 1.82) is 0 Å². The van der Waals surface area contributed by atoms with Crippen LogP contribution >= 0.6 is 0 Å². The molecule has 0 aliphatic heterocycles. The number of amides is 2. The van der Waals surface area contributed by atoms with Crippen LogP contribution in [-0.2, 0) is 14.3 Å². The molecule has 1 saturated carbocycles. The molecule has 2 aliphatic rings. The molecule has 0 radical (unpaired) electrons. The van der Waals surface area contributed by atoms with Gasteiger partial charge in [0, 0.05) is 5.92 Å². The number of carbonyl (C=O) groups is 3. The van der Waals surface area contributed by atoms with E-state index in [4.69, 9.17) is 9.84 Å². The van der Waals surface area contributed by atoms with E-state index in [2.05, 4.69) is 5.32 Å². The first-order valence-corrected chi connectivity index (χ1v) is 10.8. The second-order valence-electron chi connectivity index (χ2n) is 8.71. The number of hydrogen-bond donors (Lipinski definition) is 3. The third-order valence-corrected chi connectivity index (χ3v) is 6.42. The highest BCUT2D eigenvalue weighted by Crippen LogP contribution is 2.44. The first-order valence-electron chi connectivity index (χ1n) is 10.8. The Labute approximate surface area is 193 Å². The van der Waals surface area contributed by atoms with Crippen LogP contribution in [-0.4, -0.2) is 47.4 Å². The van der Waals surface area contributed by atoms with Gasteiger partial charge in [-0.1, -0.05) is 48.5 Å². The minimum Gasteiger partial charge on any atom is -0.479 e. The number of aliphatic carboxylic acids is 1. The van der Waals surface area contributed by atoms with Crippen molar-refractivity contribution in [2.24, 2.45) is 5.92 Å². The molecule has 2 atom stereocenters. The van der Waals surface area contributed by atoms with Crippen LogP contribution in [0.15, 0.2) is 48.5 Å². The van der Waals surface area contributed by atoms with Crippen molar-refractivity contribution >= 4 is 18.0 Å². The minimum absolute atomic E-state index is 0.0392. The van der Waals surface area contributed by atoms with E-state index in [0.29, 0.717) is 12.8 Å². The Morgan fingerprint density at radius 3 is 2.03 bits per heavy atom. The molecule has 180 valence electrons. The van der Waals surface area contributed by atoms with Gasteiger partial charge in [0.2, 0.25) is 11.9 Å². The van der Waals surface area contributed by atoms with Gasteiger partial charge in [0.05, 0.1) is 0 Å². The molecular formula is C24H23F3N2O5. The van der Waals surface area contributed by atoms with Crippen molar-refractivity contribution < 1.29 is 37.4 Å². The Morgan fingerprint density at radius 1 is 1.03 bits per heavy atom. The third kappa shape index (κ3) is 4.44. The molecule has 2 unspecified atom stereocenters. The smallest absolute Gasteiger partial charge is 0.419 e. The average molecular weight is 476 g/mol. The lowest BCUT2D eigenvalue weighted by molar-refractivity contribution is -0.183. The topological polar surface area (TPSA) is 105 Å². The van der Waals surface area contributed by atoms with Gasteiger partial charge in [-0.2, -0.15) is 13.2 Å². The van der Waals surface area contributed by atoms with Crippen molar-refractivity contribution in [3.63, 3.8) is 0 Å². The number of alkyl halides is 3. The molecule has 0 spiro atoms. The van der Waals surface area contributed by atoms with Crippen molar-refractivity contribution in [2.75, 3.05) is 6.61 Å². The Kier molecular flexibility index (Phi) is 6.01. The predicted molar refractivity (Wildman–Crippen MR) is 115 cm³/mol. The molecule has 10 heteroatoms. The fourth-order valence-corrected chi connectivity index (χ4v) is 4.42. The maximum Gasteiger partial charge on any atom is 0.419 e. The molecule has 2 aliphatic carbocycles. The van der Waals surface area contributed by atoms with Crippen LogP contribution in [0.4, 0.5) is 18.0 Å². The molecule has 0 aromatic heterocycles. The molecule has 0 saturated heterocycles. The van der Waals surface area contributed by atoms with E-state index < -0.39 is 41.6 Å². The number of rotatable bonds is 7. The summed E-state index contributed by atoms with van der Waals surface area (Å²) in [6, 6.07) is 12.3. The highest BCUT2D eigenvalue weighted by atomic mass is 19.4. The lowest BCUT2D eigenvalue weighted by Gasteiger charge is -2.31. The van der Waals surface area contributed by atoms with Crippen molar-refractivity contribution in [3.8, 4) is 11.1 Å². The zero-order valence-corrected chi connectivity index (χ0v) is 18.2. The van der Waals surface area contributed by atoms with Gasteiger partial charge in [-0.15, -0.1) is 0 Å². The number of ether oxygens (including phenoxy) is 1. The van der Waals surface area contributed by atoms with Gasteiger partial charge in [-0.05, 0) is 47.9 Å². The van der Waals surface area contributed by atoms with Crippen LogP contribution in [0, 0.1) is 5.92 Å². The van der Waals surface area contributed by atoms with Gasteiger partial charge in [0.15, 0.2) is 0 Å². The summed E-state index contributed by atoms with van der Waals surface area (Å²) in [5, 5.41) is 12.8. The van der Waals surface area contributed by atoms with E-state index in [9.17, 15) is 27.6 Å². The van der Waals surface area contributed by atoms with E-state index in [1.54, 1.807) is 0 Å². The van der Waals surface area contributed by atoms with Crippen LogP contribution in [0.2, 0.25) is 0 Å². The monoisotopic (exact) mass is 476 g/mol. The molecule has 2 aromatic rings. The fraction of sp³-hybridized carbons (Fsp3) is 0.375. The maximum atomic E-state index is 13.0. The van der Waals surface area contributed by atoms with Crippen LogP contribution in [0.5, 0.6) is 0 Å². The molecule has 7 nitrogen and oxygen atoms in total. The molecule has 1 fully saturated rings. The van der Waals surface area contributed by atoms with E-state index >= 15 is 0 Å². The summed E-state index contributed by atoms with van der Waals surface area (Å²) in [7, 11) is 0. The van der Waals surface area contributed by atoms with Crippen LogP contribution in [0.25, 0.3) is 11.1 Å². The molecule has 0 heterocycles. The number of carboxylic acid groups (broad SMARTS) is 1. The van der Waals surface area contributed by atoms with E-state index in [1.807, 2.05) is 48.5 Å². The van der Waals surface area contributed by atoms with Gasteiger partial charge in [0.1, 0.15) is 12.1 Å². The highest BCUT2D eigenvalue weighted by molar-refractivity contribution is 5.93. The lowest BCUT2D eigenvalue weighted by Crippen LogP contribution is -2.63. The van der Waals surface area contributed by atoms with Crippen LogP contribution < -0.4 is 10.6 Å². The van der Waals surface area contributed by atoms with Gasteiger partial charge in [0.25, 0.3) is 0 Å². The molecule has 2 aromatic carbocycles.